The molecule has 0 aliphatic heterocycles. The largest absolute Gasteiger partial charge is 0.545 e. The van der Waals surface area contributed by atoms with Crippen LogP contribution in [0.4, 0.5) is 0 Å². The van der Waals surface area contributed by atoms with E-state index >= 15 is 0 Å². The summed E-state index contributed by atoms with van der Waals surface area (Å²) in [5.74, 6) is -1.13. The maximum absolute atomic E-state index is 10.3. The molecule has 250 valence electrons. The Bertz CT molecular complexity index is 1440. The van der Waals surface area contributed by atoms with E-state index < -0.39 is 12.1 Å². The predicted molar refractivity (Wildman–Crippen MR) is 186 cm³/mol. The molecule has 0 heterocycles. The van der Waals surface area contributed by atoms with Crippen molar-refractivity contribution in [2.75, 3.05) is 26.3 Å². The number of phenols is 1. The molecular formula is C40H48NO6-. The summed E-state index contributed by atoms with van der Waals surface area (Å²) < 4.78 is 5.72. The van der Waals surface area contributed by atoms with Gasteiger partial charge in [0.2, 0.25) is 0 Å². The van der Waals surface area contributed by atoms with E-state index in [1.165, 1.54) is 24.1 Å². The van der Waals surface area contributed by atoms with Gasteiger partial charge in [-0.3, -0.25) is 0 Å². The van der Waals surface area contributed by atoms with Crippen LogP contribution in [0.15, 0.2) is 109 Å². The number of carboxylic acids is 1. The highest BCUT2D eigenvalue weighted by Gasteiger charge is 2.10. The van der Waals surface area contributed by atoms with Gasteiger partial charge in [-0.1, -0.05) is 110 Å². The van der Waals surface area contributed by atoms with Crippen molar-refractivity contribution < 1.29 is 30.0 Å². The molecule has 0 aromatic heterocycles. The van der Waals surface area contributed by atoms with Crippen LogP contribution in [0.3, 0.4) is 0 Å². The summed E-state index contributed by atoms with van der Waals surface area (Å²) in [5.41, 5.74) is 5.62. The van der Waals surface area contributed by atoms with Crippen LogP contribution in [0.1, 0.15) is 66.9 Å². The number of carbonyl (C=O) groups excluding carboxylic acids is 1. The molecule has 47 heavy (non-hydrogen) atoms. The lowest BCUT2D eigenvalue weighted by Crippen LogP contribution is -2.22. The number of unbranched alkanes of at least 4 members (excludes halogenated alkanes) is 4. The third-order valence-electron chi connectivity index (χ3n) is 7.67. The van der Waals surface area contributed by atoms with Crippen molar-refractivity contribution in [1.82, 2.24) is 5.32 Å². The summed E-state index contributed by atoms with van der Waals surface area (Å²) in [6.45, 7) is 2.77. The summed E-state index contributed by atoms with van der Waals surface area (Å²) >= 11 is 0. The van der Waals surface area contributed by atoms with Crippen LogP contribution in [0.2, 0.25) is 0 Å². The Morgan fingerprint density at radius 3 is 2.11 bits per heavy atom. The van der Waals surface area contributed by atoms with Crippen LogP contribution in [0.5, 0.6) is 5.75 Å². The van der Waals surface area contributed by atoms with Gasteiger partial charge in [0.05, 0.1) is 18.7 Å². The van der Waals surface area contributed by atoms with Crippen LogP contribution in [0.25, 0.3) is 17.2 Å². The summed E-state index contributed by atoms with van der Waals surface area (Å²) in [4.78, 5) is 10.3. The zero-order valence-electron chi connectivity index (χ0n) is 27.1. The quantitative estimate of drug-likeness (QED) is 0.0710. The molecule has 0 spiro atoms. The number of carbonyl (C=O) groups is 1. The van der Waals surface area contributed by atoms with E-state index in [1.54, 1.807) is 12.1 Å². The number of carboxylic acid groups (broad SMARTS) is 1. The number of rotatable bonds is 19. The maximum Gasteiger partial charge on any atom is 0.121 e. The number of nitrogens with one attached hydrogen (secondary N) is 1. The fourth-order valence-electron chi connectivity index (χ4n) is 4.97. The second-order valence-electron chi connectivity index (χ2n) is 11.4. The molecule has 0 aliphatic carbocycles. The molecule has 0 radical (unpaired) electrons. The maximum atomic E-state index is 10.3. The van der Waals surface area contributed by atoms with Gasteiger partial charge in [-0.05, 0) is 84.7 Å². The van der Waals surface area contributed by atoms with Gasteiger partial charge in [0.15, 0.2) is 0 Å². The number of aliphatic carboxylic acids is 1. The number of aliphatic hydroxyl groups is 2. The van der Waals surface area contributed by atoms with E-state index in [0.29, 0.717) is 17.7 Å². The van der Waals surface area contributed by atoms with Gasteiger partial charge in [-0.25, -0.2) is 0 Å². The number of aliphatic hydroxyl groups excluding tert-OH is 2. The van der Waals surface area contributed by atoms with Crippen LogP contribution in [0, 0.1) is 0 Å². The first-order valence-electron chi connectivity index (χ1n) is 16.4. The molecule has 7 nitrogen and oxygen atoms in total. The molecule has 4 N–H and O–H groups in total. The van der Waals surface area contributed by atoms with E-state index in [1.807, 2.05) is 54.6 Å². The number of hydrogen-bond acceptors (Lipinski definition) is 7. The van der Waals surface area contributed by atoms with Gasteiger partial charge in [0.1, 0.15) is 5.75 Å². The Labute approximate surface area is 279 Å². The minimum Gasteiger partial charge on any atom is -0.545 e. The minimum absolute atomic E-state index is 0.0533. The molecule has 0 amide bonds. The van der Waals surface area contributed by atoms with E-state index in [2.05, 4.69) is 35.6 Å². The number of benzene rings is 4. The van der Waals surface area contributed by atoms with Crippen molar-refractivity contribution in [2.45, 2.75) is 57.7 Å². The van der Waals surface area contributed by atoms with Gasteiger partial charge >= 0.3 is 0 Å². The van der Waals surface area contributed by atoms with E-state index in [4.69, 9.17) is 4.74 Å². The van der Waals surface area contributed by atoms with Gasteiger partial charge in [0, 0.05) is 25.3 Å². The fraction of sp³-hybridized carbons (Fsp3) is 0.325. The Hall–Kier alpha value is -4.27. The first-order chi connectivity index (χ1) is 23.0. The predicted octanol–water partition coefficient (Wildman–Crippen LogP) is 6.22. The normalized spacial score (nSPS) is 11.6. The van der Waals surface area contributed by atoms with Crippen LogP contribution >= 0.6 is 0 Å². The SMILES string of the molecule is O=C([O-])C=Cc1ccc(-c2ccccc2)cc1.OCc1cc(C(O)CNCCCCCCOCCCCc2ccccc2)ccc1O. The standard InChI is InChI=1S/C25H37NO4.C15H12O2/c27-20-23-18-22(13-14-24(23)28)25(29)19-26-15-7-1-2-8-16-30-17-9-6-12-21-10-4-3-5-11-21;16-15(17)11-8-12-6-9-14(10-7-12)13-4-2-1-3-5-13/h3-5,10-11,13-14,18,25-29H,1-2,6-9,12,15-17,19-20H2;1-11H,(H,16,17)/p-1. The topological polar surface area (TPSA) is 122 Å². The third-order valence-corrected chi connectivity index (χ3v) is 7.67. The van der Waals surface area contributed by atoms with Crippen molar-refractivity contribution in [3.8, 4) is 16.9 Å². The smallest absolute Gasteiger partial charge is 0.121 e. The Balaban J connectivity index is 0.000000297. The minimum atomic E-state index is -1.18. The lowest BCUT2D eigenvalue weighted by molar-refractivity contribution is -0.297. The van der Waals surface area contributed by atoms with E-state index in [-0.39, 0.29) is 12.4 Å². The second kappa shape index (κ2) is 22.3. The van der Waals surface area contributed by atoms with E-state index in [0.717, 1.165) is 81.0 Å². The summed E-state index contributed by atoms with van der Waals surface area (Å²) in [5, 5.41) is 42.5. The highest BCUT2D eigenvalue weighted by atomic mass is 16.5. The van der Waals surface area contributed by atoms with E-state index in [9.17, 15) is 25.2 Å². The third kappa shape index (κ3) is 15.2. The van der Waals surface area contributed by atoms with Crippen LogP contribution in [-0.2, 0) is 22.6 Å². The molecule has 7 heteroatoms. The van der Waals surface area contributed by atoms with Crippen molar-refractivity contribution in [2.24, 2.45) is 0 Å². The average Bonchev–Trinajstić information content (AvgIpc) is 3.10. The number of ether oxygens (including phenoxy) is 1. The first-order valence-corrected chi connectivity index (χ1v) is 16.4. The number of hydrogen-bond donors (Lipinski definition) is 4. The Kier molecular flexibility index (Phi) is 17.6. The first kappa shape index (κ1) is 37.2. The monoisotopic (exact) mass is 638 g/mol. The number of aryl methyl sites for hydroxylation is 1. The molecular weight excluding hydrogens is 590 g/mol. The van der Waals surface area contributed by atoms with Gasteiger partial charge in [-0.2, -0.15) is 0 Å². The fourth-order valence-corrected chi connectivity index (χ4v) is 4.97. The van der Waals surface area contributed by atoms with Gasteiger partial charge in [-0.15, -0.1) is 0 Å². The van der Waals surface area contributed by atoms with Crippen LogP contribution < -0.4 is 10.4 Å². The Morgan fingerprint density at radius 1 is 0.787 bits per heavy atom. The lowest BCUT2D eigenvalue weighted by atomic mass is 10.0. The zero-order chi connectivity index (χ0) is 33.5. The molecule has 1 unspecified atom stereocenters. The molecule has 0 aliphatic rings. The number of aromatic hydroxyl groups is 1. The Morgan fingerprint density at radius 2 is 1.43 bits per heavy atom. The molecule has 0 fully saturated rings. The molecule has 0 saturated carbocycles. The second-order valence-corrected chi connectivity index (χ2v) is 11.4. The lowest BCUT2D eigenvalue weighted by Gasteiger charge is -2.14. The van der Waals surface area contributed by atoms with Crippen molar-refractivity contribution in [3.05, 3.63) is 131 Å². The molecule has 1 atom stereocenters. The van der Waals surface area contributed by atoms with Crippen molar-refractivity contribution in [1.29, 1.82) is 0 Å². The zero-order valence-corrected chi connectivity index (χ0v) is 27.1. The molecule has 4 aromatic carbocycles. The highest BCUT2D eigenvalue weighted by Crippen LogP contribution is 2.22. The van der Waals surface area contributed by atoms with Crippen molar-refractivity contribution in [3.63, 3.8) is 0 Å². The van der Waals surface area contributed by atoms with Crippen LogP contribution in [-0.4, -0.2) is 47.6 Å². The summed E-state index contributed by atoms with van der Waals surface area (Å²) in [6, 6.07) is 33.1. The van der Waals surface area contributed by atoms with Gasteiger partial charge < -0.3 is 35.3 Å². The average molecular weight is 639 g/mol. The molecule has 0 saturated heterocycles. The van der Waals surface area contributed by atoms with Gasteiger partial charge in [0.25, 0.3) is 0 Å². The summed E-state index contributed by atoms with van der Waals surface area (Å²) in [6.07, 6.45) is 9.78. The molecule has 0 bridgehead atoms. The molecule has 4 rings (SSSR count). The van der Waals surface area contributed by atoms with Crippen molar-refractivity contribution >= 4 is 12.0 Å². The molecule has 4 aromatic rings. The highest BCUT2D eigenvalue weighted by molar-refractivity contribution is 5.83. The summed E-state index contributed by atoms with van der Waals surface area (Å²) in [7, 11) is 0.